The number of allylic oxidation sites excluding steroid dienone is 2. The Hall–Kier alpha value is -1.94. The number of benzene rings is 1. The lowest BCUT2D eigenvalue weighted by atomic mass is 9.56. The summed E-state index contributed by atoms with van der Waals surface area (Å²) in [6.07, 6.45) is 6.16. The van der Waals surface area contributed by atoms with Crippen molar-refractivity contribution < 1.29 is 9.18 Å². The molecule has 118 valence electrons. The zero-order valence-corrected chi connectivity index (χ0v) is 12.7. The number of rotatable bonds is 7. The highest BCUT2D eigenvalue weighted by molar-refractivity contribution is 5.84. The van der Waals surface area contributed by atoms with Crippen LogP contribution in [0.2, 0.25) is 0 Å². The van der Waals surface area contributed by atoms with Crippen molar-refractivity contribution in [2.75, 3.05) is 0 Å². The van der Waals surface area contributed by atoms with Crippen LogP contribution in [0, 0.1) is 17.2 Å². The number of halogens is 1. The van der Waals surface area contributed by atoms with Gasteiger partial charge in [0, 0.05) is 0 Å². The molecule has 22 heavy (non-hydrogen) atoms. The predicted molar refractivity (Wildman–Crippen MR) is 86.3 cm³/mol. The standard InChI is InChI=1S/C18H23FN2O/c1-3-6-14-9-11-18(14,10-4-2)17(22)21-16(20)13-7-5-8-15(19)12-13/h3-5,7-8,12,14,16H,1-2,6,9-11,20H2,(H,21,22). The summed E-state index contributed by atoms with van der Waals surface area (Å²) in [4.78, 5) is 12.7. The summed E-state index contributed by atoms with van der Waals surface area (Å²) >= 11 is 0. The molecule has 1 aliphatic rings. The van der Waals surface area contributed by atoms with Crippen molar-refractivity contribution in [2.45, 2.75) is 31.8 Å². The van der Waals surface area contributed by atoms with Gasteiger partial charge >= 0.3 is 0 Å². The molecule has 0 heterocycles. The minimum atomic E-state index is -0.713. The molecule has 1 aromatic rings. The van der Waals surface area contributed by atoms with Crippen LogP contribution in [0.5, 0.6) is 0 Å². The van der Waals surface area contributed by atoms with Crippen LogP contribution in [0.15, 0.2) is 49.6 Å². The Morgan fingerprint density at radius 1 is 1.50 bits per heavy atom. The summed E-state index contributed by atoms with van der Waals surface area (Å²) < 4.78 is 13.3. The predicted octanol–water partition coefficient (Wildman–Crippen LogP) is 3.45. The number of nitrogens with one attached hydrogen (secondary N) is 1. The van der Waals surface area contributed by atoms with Gasteiger partial charge in [-0.3, -0.25) is 4.79 Å². The molecule has 1 saturated carbocycles. The number of nitrogens with two attached hydrogens (primary N) is 1. The first kappa shape index (κ1) is 16.4. The Morgan fingerprint density at radius 3 is 2.82 bits per heavy atom. The Kier molecular flexibility index (Phi) is 5.14. The number of carbonyl (C=O) groups is 1. The van der Waals surface area contributed by atoms with Crippen LogP contribution >= 0.6 is 0 Å². The molecule has 0 bridgehead atoms. The van der Waals surface area contributed by atoms with Crippen LogP contribution in [0.3, 0.4) is 0 Å². The monoisotopic (exact) mass is 302 g/mol. The zero-order chi connectivity index (χ0) is 16.2. The van der Waals surface area contributed by atoms with Gasteiger partial charge in [0.15, 0.2) is 0 Å². The largest absolute Gasteiger partial charge is 0.336 e. The van der Waals surface area contributed by atoms with Gasteiger partial charge in [-0.15, -0.1) is 13.2 Å². The molecule has 3 N–H and O–H groups in total. The molecule has 1 aliphatic carbocycles. The van der Waals surface area contributed by atoms with Crippen molar-refractivity contribution in [3.05, 3.63) is 61.0 Å². The quantitative estimate of drug-likeness (QED) is 0.599. The van der Waals surface area contributed by atoms with Crippen molar-refractivity contribution in [1.29, 1.82) is 0 Å². The fourth-order valence-electron chi connectivity index (χ4n) is 3.23. The van der Waals surface area contributed by atoms with Gasteiger partial charge in [0.1, 0.15) is 12.0 Å². The number of carbonyl (C=O) groups excluding carboxylic acids is 1. The number of hydrogen-bond acceptors (Lipinski definition) is 2. The topological polar surface area (TPSA) is 55.1 Å². The minimum Gasteiger partial charge on any atom is -0.336 e. The van der Waals surface area contributed by atoms with Gasteiger partial charge < -0.3 is 11.1 Å². The lowest BCUT2D eigenvalue weighted by Gasteiger charge is -2.48. The van der Waals surface area contributed by atoms with E-state index in [2.05, 4.69) is 18.5 Å². The lowest BCUT2D eigenvalue weighted by Crippen LogP contribution is -2.53. The summed E-state index contributed by atoms with van der Waals surface area (Å²) in [6.45, 7) is 7.53. The maximum absolute atomic E-state index is 13.3. The maximum Gasteiger partial charge on any atom is 0.228 e. The molecular weight excluding hydrogens is 279 g/mol. The van der Waals surface area contributed by atoms with E-state index in [1.165, 1.54) is 12.1 Å². The first-order valence-electron chi connectivity index (χ1n) is 7.57. The van der Waals surface area contributed by atoms with Gasteiger partial charge in [-0.1, -0.05) is 24.3 Å². The van der Waals surface area contributed by atoms with Crippen molar-refractivity contribution in [2.24, 2.45) is 17.1 Å². The molecule has 3 unspecified atom stereocenters. The summed E-state index contributed by atoms with van der Waals surface area (Å²) in [5.41, 5.74) is 6.11. The molecule has 4 heteroatoms. The Morgan fingerprint density at radius 2 is 2.27 bits per heavy atom. The highest BCUT2D eigenvalue weighted by Crippen LogP contribution is 2.51. The fourth-order valence-corrected chi connectivity index (χ4v) is 3.23. The normalized spacial score (nSPS) is 24.9. The van der Waals surface area contributed by atoms with E-state index in [-0.39, 0.29) is 17.6 Å². The maximum atomic E-state index is 13.3. The first-order valence-corrected chi connectivity index (χ1v) is 7.57. The molecular formula is C18H23FN2O. The fraction of sp³-hybridized carbons (Fsp3) is 0.389. The molecule has 3 atom stereocenters. The van der Waals surface area contributed by atoms with Gasteiger partial charge in [-0.2, -0.15) is 0 Å². The summed E-state index contributed by atoms with van der Waals surface area (Å²) in [6, 6.07) is 5.98. The van der Waals surface area contributed by atoms with Crippen LogP contribution in [-0.2, 0) is 4.79 Å². The van der Waals surface area contributed by atoms with Crippen LogP contribution in [0.4, 0.5) is 4.39 Å². The third-order valence-electron chi connectivity index (χ3n) is 4.63. The van der Waals surface area contributed by atoms with Gasteiger partial charge in [0.2, 0.25) is 5.91 Å². The molecule has 0 spiro atoms. The van der Waals surface area contributed by atoms with E-state index in [0.717, 1.165) is 19.3 Å². The Labute approximate surface area is 131 Å². The van der Waals surface area contributed by atoms with Crippen molar-refractivity contribution >= 4 is 5.91 Å². The molecule has 0 saturated heterocycles. The molecule has 0 radical (unpaired) electrons. The number of hydrogen-bond donors (Lipinski definition) is 2. The third kappa shape index (κ3) is 3.12. The van der Waals surface area contributed by atoms with Crippen LogP contribution < -0.4 is 11.1 Å². The average Bonchev–Trinajstić information content (AvgIpc) is 2.48. The smallest absolute Gasteiger partial charge is 0.228 e. The van der Waals surface area contributed by atoms with E-state index < -0.39 is 11.6 Å². The summed E-state index contributed by atoms with van der Waals surface area (Å²) in [7, 11) is 0. The SMILES string of the molecule is C=CCC1CCC1(CC=C)C(=O)NC(N)c1cccc(F)c1. The van der Waals surface area contributed by atoms with E-state index in [0.29, 0.717) is 12.0 Å². The van der Waals surface area contributed by atoms with Crippen LogP contribution in [0.25, 0.3) is 0 Å². The van der Waals surface area contributed by atoms with E-state index >= 15 is 0 Å². The van der Waals surface area contributed by atoms with E-state index in [9.17, 15) is 9.18 Å². The van der Waals surface area contributed by atoms with Crippen LogP contribution in [0.1, 0.15) is 37.4 Å². The molecule has 3 nitrogen and oxygen atoms in total. The van der Waals surface area contributed by atoms with Crippen molar-refractivity contribution in [3.63, 3.8) is 0 Å². The molecule has 0 aliphatic heterocycles. The zero-order valence-electron chi connectivity index (χ0n) is 12.7. The molecule has 1 fully saturated rings. The molecule has 0 aromatic heterocycles. The lowest BCUT2D eigenvalue weighted by molar-refractivity contribution is -0.142. The van der Waals surface area contributed by atoms with E-state index in [4.69, 9.17) is 5.73 Å². The third-order valence-corrected chi connectivity index (χ3v) is 4.63. The Bertz CT molecular complexity index is 572. The number of amides is 1. The second kappa shape index (κ2) is 6.88. The van der Waals surface area contributed by atoms with E-state index in [1.807, 2.05) is 6.08 Å². The van der Waals surface area contributed by atoms with Crippen LogP contribution in [-0.4, -0.2) is 5.91 Å². The first-order chi connectivity index (χ1) is 10.5. The average molecular weight is 302 g/mol. The molecule has 1 aromatic carbocycles. The Balaban J connectivity index is 2.11. The summed E-state index contributed by atoms with van der Waals surface area (Å²) in [5.74, 6) is -0.179. The van der Waals surface area contributed by atoms with Crippen molar-refractivity contribution in [1.82, 2.24) is 5.32 Å². The van der Waals surface area contributed by atoms with Gasteiger partial charge in [-0.25, -0.2) is 4.39 Å². The minimum absolute atomic E-state index is 0.0812. The second-order valence-electron chi connectivity index (χ2n) is 5.92. The van der Waals surface area contributed by atoms with Gasteiger partial charge in [-0.05, 0) is 49.3 Å². The highest BCUT2D eigenvalue weighted by atomic mass is 19.1. The van der Waals surface area contributed by atoms with Gasteiger partial charge in [0.25, 0.3) is 0 Å². The molecule has 1 amide bonds. The van der Waals surface area contributed by atoms with Gasteiger partial charge in [0.05, 0.1) is 5.41 Å². The molecule has 2 rings (SSSR count). The van der Waals surface area contributed by atoms with E-state index in [1.54, 1.807) is 18.2 Å². The summed E-state index contributed by atoms with van der Waals surface area (Å²) in [5, 5.41) is 2.83. The second-order valence-corrected chi connectivity index (χ2v) is 5.92. The highest BCUT2D eigenvalue weighted by Gasteiger charge is 2.50. The van der Waals surface area contributed by atoms with Crippen molar-refractivity contribution in [3.8, 4) is 0 Å².